The van der Waals surface area contributed by atoms with Crippen LogP contribution < -0.4 is 9.64 Å². The molecule has 0 aliphatic rings. The van der Waals surface area contributed by atoms with Gasteiger partial charge < -0.3 is 9.64 Å². The van der Waals surface area contributed by atoms with E-state index in [2.05, 4.69) is 0 Å². The standard InChI is InChI=1S/C17H22N2O3S/c1-18(2)15-7-5-14(6-8-15)13-19(3)23(20,21)17-11-9-16(22-4)10-12-17/h5-12H,13H2,1-4H3. The molecule has 0 bridgehead atoms. The molecule has 5 nitrogen and oxygen atoms in total. The number of hydrogen-bond donors (Lipinski definition) is 0. The van der Waals surface area contributed by atoms with Crippen LogP contribution in [0.4, 0.5) is 5.69 Å². The largest absolute Gasteiger partial charge is 0.497 e. The highest BCUT2D eigenvalue weighted by Crippen LogP contribution is 2.20. The van der Waals surface area contributed by atoms with Gasteiger partial charge in [-0.15, -0.1) is 0 Å². The second-order valence-electron chi connectivity index (χ2n) is 5.50. The number of rotatable bonds is 6. The zero-order chi connectivity index (χ0) is 17.0. The summed E-state index contributed by atoms with van der Waals surface area (Å²) in [6.45, 7) is 0.321. The Hall–Kier alpha value is -2.05. The van der Waals surface area contributed by atoms with Crippen LogP contribution in [0.3, 0.4) is 0 Å². The number of benzene rings is 2. The predicted molar refractivity (Wildman–Crippen MR) is 92.4 cm³/mol. The highest BCUT2D eigenvalue weighted by Gasteiger charge is 2.20. The van der Waals surface area contributed by atoms with E-state index in [9.17, 15) is 8.42 Å². The minimum absolute atomic E-state index is 0.255. The zero-order valence-corrected chi connectivity index (χ0v) is 14.7. The van der Waals surface area contributed by atoms with Gasteiger partial charge in [-0.2, -0.15) is 4.31 Å². The first-order chi connectivity index (χ1) is 10.8. The molecule has 0 spiro atoms. The summed E-state index contributed by atoms with van der Waals surface area (Å²) >= 11 is 0. The van der Waals surface area contributed by atoms with E-state index in [1.165, 1.54) is 4.31 Å². The molecule has 0 fully saturated rings. The van der Waals surface area contributed by atoms with Gasteiger partial charge in [0.1, 0.15) is 5.75 Å². The molecular formula is C17H22N2O3S. The van der Waals surface area contributed by atoms with Gasteiger partial charge in [-0.1, -0.05) is 12.1 Å². The van der Waals surface area contributed by atoms with Crippen molar-refractivity contribution in [3.8, 4) is 5.75 Å². The molecule has 0 saturated carbocycles. The second-order valence-corrected chi connectivity index (χ2v) is 7.54. The van der Waals surface area contributed by atoms with Crippen LogP contribution in [-0.4, -0.2) is 41.0 Å². The summed E-state index contributed by atoms with van der Waals surface area (Å²) in [5, 5.41) is 0. The van der Waals surface area contributed by atoms with Crippen molar-refractivity contribution in [3.63, 3.8) is 0 Å². The molecule has 0 radical (unpaired) electrons. The molecule has 0 N–H and O–H groups in total. The molecule has 0 aromatic heterocycles. The van der Waals surface area contributed by atoms with Crippen molar-refractivity contribution in [3.05, 3.63) is 54.1 Å². The summed E-state index contributed by atoms with van der Waals surface area (Å²) < 4.78 is 31.6. The first-order valence-corrected chi connectivity index (χ1v) is 8.65. The van der Waals surface area contributed by atoms with Crippen molar-refractivity contribution in [2.45, 2.75) is 11.4 Å². The van der Waals surface area contributed by atoms with E-state index in [-0.39, 0.29) is 4.90 Å². The third-order valence-corrected chi connectivity index (χ3v) is 5.44. The second kappa shape index (κ2) is 7.02. The van der Waals surface area contributed by atoms with Crippen molar-refractivity contribution in [2.75, 3.05) is 33.2 Å². The Labute approximate surface area is 138 Å². The molecule has 0 saturated heterocycles. The number of hydrogen-bond acceptors (Lipinski definition) is 4. The van der Waals surface area contributed by atoms with Crippen LogP contribution in [-0.2, 0) is 16.6 Å². The van der Waals surface area contributed by atoms with E-state index in [1.54, 1.807) is 38.4 Å². The number of nitrogens with zero attached hydrogens (tertiary/aromatic N) is 2. The lowest BCUT2D eigenvalue weighted by atomic mass is 10.2. The summed E-state index contributed by atoms with van der Waals surface area (Å²) in [4.78, 5) is 2.26. The first kappa shape index (κ1) is 17.3. The Morgan fingerprint density at radius 3 is 1.96 bits per heavy atom. The van der Waals surface area contributed by atoms with Gasteiger partial charge in [0.25, 0.3) is 0 Å². The molecular weight excluding hydrogens is 312 g/mol. The molecule has 0 unspecified atom stereocenters. The van der Waals surface area contributed by atoms with Crippen molar-refractivity contribution in [1.82, 2.24) is 4.31 Å². The Bertz CT molecular complexity index is 738. The summed E-state index contributed by atoms with van der Waals surface area (Å²) in [7, 11) is 3.55. The van der Waals surface area contributed by atoms with Crippen molar-refractivity contribution in [1.29, 1.82) is 0 Å². The molecule has 2 aromatic carbocycles. The fourth-order valence-electron chi connectivity index (χ4n) is 2.17. The summed E-state index contributed by atoms with van der Waals surface area (Å²) in [6, 6.07) is 14.2. The molecule has 2 rings (SSSR count). The zero-order valence-electron chi connectivity index (χ0n) is 13.9. The van der Waals surface area contributed by atoms with Crippen LogP contribution in [0.15, 0.2) is 53.4 Å². The Morgan fingerprint density at radius 2 is 1.48 bits per heavy atom. The van der Waals surface area contributed by atoms with Gasteiger partial charge in [-0.3, -0.25) is 0 Å². The lowest BCUT2D eigenvalue weighted by molar-refractivity contribution is 0.414. The lowest BCUT2D eigenvalue weighted by Crippen LogP contribution is -2.26. The van der Waals surface area contributed by atoms with Crippen LogP contribution in [0, 0.1) is 0 Å². The fourth-order valence-corrected chi connectivity index (χ4v) is 3.33. The average molecular weight is 334 g/mol. The van der Waals surface area contributed by atoms with Crippen molar-refractivity contribution >= 4 is 15.7 Å². The van der Waals surface area contributed by atoms with Gasteiger partial charge >= 0.3 is 0 Å². The molecule has 0 heterocycles. The monoisotopic (exact) mass is 334 g/mol. The third kappa shape index (κ3) is 4.03. The minimum Gasteiger partial charge on any atom is -0.497 e. The van der Waals surface area contributed by atoms with Gasteiger partial charge in [0.05, 0.1) is 12.0 Å². The van der Waals surface area contributed by atoms with Gasteiger partial charge in [0.15, 0.2) is 0 Å². The predicted octanol–water partition coefficient (Wildman–Crippen LogP) is 2.58. The molecule has 124 valence electrons. The van der Waals surface area contributed by atoms with Gasteiger partial charge in [-0.25, -0.2) is 8.42 Å². The number of anilines is 1. The molecule has 23 heavy (non-hydrogen) atoms. The number of ether oxygens (including phenoxy) is 1. The highest BCUT2D eigenvalue weighted by atomic mass is 32.2. The summed E-state index contributed by atoms with van der Waals surface area (Å²) in [5.74, 6) is 0.630. The van der Waals surface area contributed by atoms with Gasteiger partial charge in [0, 0.05) is 33.4 Å². The Morgan fingerprint density at radius 1 is 0.913 bits per heavy atom. The van der Waals surface area contributed by atoms with Crippen LogP contribution in [0.5, 0.6) is 5.75 Å². The van der Waals surface area contributed by atoms with E-state index < -0.39 is 10.0 Å². The Kier molecular flexibility index (Phi) is 5.28. The van der Waals surface area contributed by atoms with E-state index >= 15 is 0 Å². The average Bonchev–Trinajstić information content (AvgIpc) is 2.55. The van der Waals surface area contributed by atoms with Crippen molar-refractivity contribution < 1.29 is 13.2 Å². The third-order valence-electron chi connectivity index (χ3n) is 3.63. The lowest BCUT2D eigenvalue weighted by Gasteiger charge is -2.18. The minimum atomic E-state index is -3.52. The molecule has 0 aliphatic carbocycles. The van der Waals surface area contributed by atoms with Crippen molar-refractivity contribution in [2.24, 2.45) is 0 Å². The number of sulfonamides is 1. The smallest absolute Gasteiger partial charge is 0.243 e. The molecule has 0 aliphatic heterocycles. The summed E-state index contributed by atoms with van der Waals surface area (Å²) in [5.41, 5.74) is 2.02. The Balaban J connectivity index is 2.15. The normalized spacial score (nSPS) is 11.5. The highest BCUT2D eigenvalue weighted by molar-refractivity contribution is 7.89. The maximum absolute atomic E-state index is 12.6. The van der Waals surface area contributed by atoms with Crippen LogP contribution >= 0.6 is 0 Å². The maximum Gasteiger partial charge on any atom is 0.243 e. The first-order valence-electron chi connectivity index (χ1n) is 7.21. The maximum atomic E-state index is 12.6. The van der Waals surface area contributed by atoms with Crippen LogP contribution in [0.2, 0.25) is 0 Å². The van der Waals surface area contributed by atoms with Crippen LogP contribution in [0.25, 0.3) is 0 Å². The molecule has 0 amide bonds. The molecule has 2 aromatic rings. The fraction of sp³-hybridized carbons (Fsp3) is 0.294. The van der Waals surface area contributed by atoms with Gasteiger partial charge in [-0.05, 0) is 42.0 Å². The van der Waals surface area contributed by atoms with Gasteiger partial charge in [0.2, 0.25) is 10.0 Å². The number of methoxy groups -OCH3 is 1. The molecule has 0 atom stereocenters. The summed E-state index contributed by atoms with van der Waals surface area (Å²) in [6.07, 6.45) is 0. The van der Waals surface area contributed by atoms with E-state index in [0.29, 0.717) is 12.3 Å². The van der Waals surface area contributed by atoms with Crippen LogP contribution in [0.1, 0.15) is 5.56 Å². The topological polar surface area (TPSA) is 49.9 Å². The van der Waals surface area contributed by atoms with E-state index in [1.807, 2.05) is 43.3 Å². The quantitative estimate of drug-likeness (QED) is 0.815. The SMILES string of the molecule is COc1ccc(S(=O)(=O)N(C)Cc2ccc(N(C)C)cc2)cc1. The van der Waals surface area contributed by atoms with E-state index in [4.69, 9.17) is 4.74 Å². The molecule has 6 heteroatoms. The van der Waals surface area contributed by atoms with E-state index in [0.717, 1.165) is 11.3 Å².